The maximum atomic E-state index is 14.7. The lowest BCUT2D eigenvalue weighted by Crippen LogP contribution is -2.41. The summed E-state index contributed by atoms with van der Waals surface area (Å²) in [7, 11) is -5.51. The number of hydrogen-bond acceptors (Lipinski definition) is 5. The van der Waals surface area contributed by atoms with Gasteiger partial charge >= 0.3 is 7.12 Å². The van der Waals surface area contributed by atoms with Crippen molar-refractivity contribution in [2.75, 3.05) is 10.0 Å². The predicted molar refractivity (Wildman–Crippen MR) is 134 cm³/mol. The Kier molecular flexibility index (Phi) is 7.06. The number of nitrogens with one attached hydrogen (secondary N) is 2. The third-order valence-electron chi connectivity index (χ3n) is 6.44. The van der Waals surface area contributed by atoms with E-state index in [9.17, 15) is 30.8 Å². The van der Waals surface area contributed by atoms with Crippen LogP contribution in [0.3, 0.4) is 0 Å². The van der Waals surface area contributed by atoms with Crippen LogP contribution in [-0.2, 0) is 19.3 Å². The summed E-state index contributed by atoms with van der Waals surface area (Å²) in [5, 5.41) is 2.12. The molecule has 1 fully saturated rings. The molecule has 1 aliphatic rings. The number of hydrogen-bond donors (Lipinski definition) is 2. The van der Waals surface area contributed by atoms with Gasteiger partial charge in [-0.15, -0.1) is 0 Å². The zero-order chi connectivity index (χ0) is 28.0. The van der Waals surface area contributed by atoms with E-state index >= 15 is 0 Å². The Labute approximate surface area is 217 Å². The molecule has 3 aromatic rings. The van der Waals surface area contributed by atoms with Crippen LogP contribution in [0.4, 0.5) is 28.9 Å². The summed E-state index contributed by atoms with van der Waals surface area (Å²) in [6.07, 6.45) is 0. The Morgan fingerprint density at radius 3 is 2.03 bits per heavy atom. The van der Waals surface area contributed by atoms with E-state index < -0.39 is 68.1 Å². The molecule has 1 aliphatic heterocycles. The smallest absolute Gasteiger partial charge is 0.399 e. The average molecular weight is 550 g/mol. The summed E-state index contributed by atoms with van der Waals surface area (Å²) in [4.78, 5) is 11.7. The Morgan fingerprint density at radius 1 is 0.842 bits per heavy atom. The fraction of sp³-hybridized carbons (Fsp3) is 0.240. The fourth-order valence-corrected chi connectivity index (χ4v) is 4.84. The van der Waals surface area contributed by atoms with Crippen molar-refractivity contribution in [2.24, 2.45) is 0 Å². The molecule has 200 valence electrons. The monoisotopic (exact) mass is 550 g/mol. The van der Waals surface area contributed by atoms with Gasteiger partial charge in [0.15, 0.2) is 17.5 Å². The Morgan fingerprint density at radius 2 is 1.42 bits per heavy atom. The molecule has 7 nitrogen and oxygen atoms in total. The maximum absolute atomic E-state index is 14.7. The minimum absolute atomic E-state index is 0.0671. The number of rotatable bonds is 6. The van der Waals surface area contributed by atoms with Gasteiger partial charge in [-0.1, -0.05) is 18.2 Å². The van der Waals surface area contributed by atoms with Crippen molar-refractivity contribution in [3.05, 3.63) is 83.4 Å². The molecule has 0 aliphatic carbocycles. The molecule has 1 amide bonds. The summed E-state index contributed by atoms with van der Waals surface area (Å²) in [5.74, 6) is -6.95. The molecule has 1 saturated heterocycles. The molecule has 0 bridgehead atoms. The molecule has 0 spiro atoms. The standard InChI is InChI=1S/C25H23BF4N2O5S/c1-24(2)25(3,4)37-26(36-24)16-7-5-6-8-20(16)32-38(34,35)21-11-14(9-10-17(21)27)23(33)31-15-12-18(28)22(30)19(29)13-15/h5-13,32H,1-4H3,(H,31,33). The summed E-state index contributed by atoms with van der Waals surface area (Å²) in [5.41, 5.74) is -1.74. The number of para-hydroxylation sites is 1. The van der Waals surface area contributed by atoms with Crippen LogP contribution in [0.15, 0.2) is 59.5 Å². The second-order valence-electron chi connectivity index (χ2n) is 9.63. The van der Waals surface area contributed by atoms with Gasteiger partial charge in [0.25, 0.3) is 15.9 Å². The van der Waals surface area contributed by atoms with Crippen LogP contribution in [0.1, 0.15) is 38.1 Å². The average Bonchev–Trinajstić information content (AvgIpc) is 3.04. The van der Waals surface area contributed by atoms with Crippen molar-refractivity contribution in [3.63, 3.8) is 0 Å². The molecule has 3 aromatic carbocycles. The molecule has 0 saturated carbocycles. The molecule has 0 unspecified atom stereocenters. The molecule has 0 radical (unpaired) electrons. The van der Waals surface area contributed by atoms with Crippen molar-refractivity contribution in [1.29, 1.82) is 0 Å². The minimum atomic E-state index is -4.59. The van der Waals surface area contributed by atoms with Crippen LogP contribution >= 0.6 is 0 Å². The van der Waals surface area contributed by atoms with Gasteiger partial charge < -0.3 is 14.6 Å². The van der Waals surface area contributed by atoms with E-state index in [1.807, 2.05) is 27.7 Å². The molecule has 13 heteroatoms. The van der Waals surface area contributed by atoms with Crippen molar-refractivity contribution in [3.8, 4) is 0 Å². The van der Waals surface area contributed by atoms with Crippen LogP contribution in [0.25, 0.3) is 0 Å². The number of sulfonamides is 1. The lowest BCUT2D eigenvalue weighted by atomic mass is 9.78. The van der Waals surface area contributed by atoms with Crippen LogP contribution in [0, 0.1) is 23.3 Å². The van der Waals surface area contributed by atoms with Crippen LogP contribution in [-0.4, -0.2) is 32.6 Å². The van der Waals surface area contributed by atoms with Gasteiger partial charge in [0, 0.05) is 34.5 Å². The van der Waals surface area contributed by atoms with Crippen molar-refractivity contribution in [2.45, 2.75) is 43.8 Å². The first-order valence-corrected chi connectivity index (χ1v) is 12.8. The number of halogens is 4. The molecular weight excluding hydrogens is 527 g/mol. The maximum Gasteiger partial charge on any atom is 0.496 e. The highest BCUT2D eigenvalue weighted by Crippen LogP contribution is 2.37. The third kappa shape index (κ3) is 5.26. The van der Waals surface area contributed by atoms with Crippen molar-refractivity contribution >= 4 is 39.9 Å². The van der Waals surface area contributed by atoms with E-state index in [0.717, 1.165) is 18.2 Å². The second kappa shape index (κ2) is 9.72. The Balaban J connectivity index is 1.62. The number of anilines is 2. The lowest BCUT2D eigenvalue weighted by molar-refractivity contribution is 0.00578. The first-order chi connectivity index (χ1) is 17.6. The van der Waals surface area contributed by atoms with E-state index in [4.69, 9.17) is 9.31 Å². The Hall–Kier alpha value is -3.42. The zero-order valence-electron chi connectivity index (χ0n) is 20.7. The van der Waals surface area contributed by atoms with Gasteiger partial charge in [-0.2, -0.15) is 0 Å². The first-order valence-electron chi connectivity index (χ1n) is 11.3. The quantitative estimate of drug-likeness (QED) is 0.266. The van der Waals surface area contributed by atoms with E-state index in [2.05, 4.69) is 10.0 Å². The summed E-state index contributed by atoms with van der Waals surface area (Å²) < 4.78 is 95.5. The van der Waals surface area contributed by atoms with Gasteiger partial charge in [0.1, 0.15) is 10.7 Å². The molecule has 38 heavy (non-hydrogen) atoms. The van der Waals surface area contributed by atoms with E-state index in [1.54, 1.807) is 18.2 Å². The van der Waals surface area contributed by atoms with Gasteiger partial charge in [-0.3, -0.25) is 9.52 Å². The highest BCUT2D eigenvalue weighted by atomic mass is 32.2. The number of amides is 1. The Bertz CT molecular complexity index is 1490. The van der Waals surface area contributed by atoms with Gasteiger partial charge in [-0.25, -0.2) is 26.0 Å². The predicted octanol–water partition coefficient (Wildman–Crippen LogP) is 4.60. The molecule has 2 N–H and O–H groups in total. The van der Waals surface area contributed by atoms with E-state index in [-0.39, 0.29) is 11.3 Å². The SMILES string of the molecule is CC1(C)OB(c2ccccc2NS(=O)(=O)c2cc(C(=O)Nc3cc(F)c(F)c(F)c3)ccc2F)OC1(C)C. The second-order valence-corrected chi connectivity index (χ2v) is 11.3. The highest BCUT2D eigenvalue weighted by molar-refractivity contribution is 7.92. The molecule has 0 atom stereocenters. The van der Waals surface area contributed by atoms with E-state index in [0.29, 0.717) is 17.6 Å². The van der Waals surface area contributed by atoms with Gasteiger partial charge in [0.2, 0.25) is 0 Å². The summed E-state index contributed by atoms with van der Waals surface area (Å²) >= 11 is 0. The number of benzene rings is 3. The summed E-state index contributed by atoms with van der Waals surface area (Å²) in [6.45, 7) is 7.33. The van der Waals surface area contributed by atoms with Gasteiger partial charge in [0.05, 0.1) is 11.2 Å². The number of carbonyl (C=O) groups excluding carboxylic acids is 1. The first kappa shape index (κ1) is 27.6. The minimum Gasteiger partial charge on any atom is -0.399 e. The van der Waals surface area contributed by atoms with Crippen LogP contribution in [0.2, 0.25) is 0 Å². The third-order valence-corrected chi connectivity index (χ3v) is 7.82. The van der Waals surface area contributed by atoms with E-state index in [1.165, 1.54) is 6.07 Å². The highest BCUT2D eigenvalue weighted by Gasteiger charge is 2.52. The largest absolute Gasteiger partial charge is 0.496 e. The topological polar surface area (TPSA) is 93.7 Å². The van der Waals surface area contributed by atoms with Crippen LogP contribution < -0.4 is 15.5 Å². The fourth-order valence-electron chi connectivity index (χ4n) is 3.65. The molecular formula is C25H23BF4N2O5S. The van der Waals surface area contributed by atoms with Gasteiger partial charge in [-0.05, 0) is 52.0 Å². The molecule has 4 rings (SSSR count). The van der Waals surface area contributed by atoms with Crippen molar-refractivity contribution < 1.29 is 40.1 Å². The zero-order valence-corrected chi connectivity index (χ0v) is 21.6. The van der Waals surface area contributed by atoms with Crippen LogP contribution in [0.5, 0.6) is 0 Å². The molecule has 0 aromatic heterocycles. The summed E-state index contributed by atoms with van der Waals surface area (Å²) in [6, 6.07) is 9.87. The lowest BCUT2D eigenvalue weighted by Gasteiger charge is -2.32. The number of carbonyl (C=O) groups is 1. The molecule has 1 heterocycles. The van der Waals surface area contributed by atoms with Crippen molar-refractivity contribution in [1.82, 2.24) is 0 Å². The normalized spacial score (nSPS) is 16.4.